The Labute approximate surface area is 178 Å². The Balaban J connectivity index is 1.68. The quantitative estimate of drug-likeness (QED) is 0.324. The van der Waals surface area contributed by atoms with Gasteiger partial charge in [-0.2, -0.15) is 4.72 Å². The monoisotopic (exact) mass is 446 g/mol. The number of oxime groups is 1. The fourth-order valence-electron chi connectivity index (χ4n) is 3.57. The number of rotatable bonds is 13. The summed E-state index contributed by atoms with van der Waals surface area (Å²) in [5, 5.41) is 19.2. The first kappa shape index (κ1) is 24.5. The number of carbonyl (C=O) groups excluding carboxylic acids is 1. The molecule has 0 bridgehead atoms. The predicted molar refractivity (Wildman–Crippen MR) is 113 cm³/mol. The van der Waals surface area contributed by atoms with E-state index in [1.54, 1.807) is 0 Å². The lowest BCUT2D eigenvalue weighted by Crippen LogP contribution is -2.49. The van der Waals surface area contributed by atoms with Crippen molar-refractivity contribution >= 4 is 27.6 Å². The van der Waals surface area contributed by atoms with Gasteiger partial charge in [-0.3, -0.25) is 9.59 Å². The number of piperidine rings is 1. The minimum atomic E-state index is -3.71. The molecule has 2 rings (SSSR count). The van der Waals surface area contributed by atoms with Crippen LogP contribution >= 0.6 is 0 Å². The van der Waals surface area contributed by atoms with Gasteiger partial charge in [0.05, 0.1) is 17.9 Å². The molecule has 172 valence electrons. The van der Waals surface area contributed by atoms with Crippen LogP contribution in [-0.4, -0.2) is 68.6 Å². The van der Waals surface area contributed by atoms with Crippen molar-refractivity contribution in [3.8, 4) is 0 Å². The summed E-state index contributed by atoms with van der Waals surface area (Å²) >= 11 is 0. The second kappa shape index (κ2) is 12.2. The lowest BCUT2D eigenvalue weighted by atomic mass is 9.91. The van der Waals surface area contributed by atoms with Gasteiger partial charge in [-0.1, -0.05) is 18.5 Å². The normalized spacial score (nSPS) is 21.0. The van der Waals surface area contributed by atoms with Crippen molar-refractivity contribution in [2.75, 3.05) is 25.4 Å². The molecule has 30 heavy (non-hydrogen) atoms. The van der Waals surface area contributed by atoms with Gasteiger partial charge in [0.25, 0.3) is 0 Å². The molecule has 0 aromatic carbocycles. The van der Waals surface area contributed by atoms with Crippen molar-refractivity contribution in [2.45, 2.75) is 70.4 Å². The van der Waals surface area contributed by atoms with Crippen LogP contribution in [0.25, 0.3) is 0 Å². The average Bonchev–Trinajstić information content (AvgIpc) is 3.16. The van der Waals surface area contributed by atoms with E-state index in [9.17, 15) is 23.1 Å². The van der Waals surface area contributed by atoms with Gasteiger partial charge in [0.15, 0.2) is 0 Å². The van der Waals surface area contributed by atoms with E-state index in [4.69, 9.17) is 4.84 Å². The van der Waals surface area contributed by atoms with Crippen LogP contribution in [0, 0.1) is 5.92 Å². The lowest BCUT2D eigenvalue weighted by molar-refractivity contribution is -0.138. The summed E-state index contributed by atoms with van der Waals surface area (Å²) in [4.78, 5) is 28.8. The number of amides is 1. The Morgan fingerprint density at radius 3 is 2.73 bits per heavy atom. The molecule has 4 N–H and O–H groups in total. The molecule has 1 saturated heterocycles. The van der Waals surface area contributed by atoms with E-state index in [0.29, 0.717) is 25.2 Å². The number of unbranched alkanes of at least 4 members (excludes halogenated alkanes) is 1. The highest BCUT2D eigenvalue weighted by Gasteiger charge is 2.27. The van der Waals surface area contributed by atoms with Crippen molar-refractivity contribution in [3.63, 3.8) is 0 Å². The topological polar surface area (TPSA) is 146 Å². The van der Waals surface area contributed by atoms with Crippen LogP contribution in [0.5, 0.6) is 0 Å². The predicted octanol–water partition coefficient (Wildman–Crippen LogP) is 0.590. The summed E-state index contributed by atoms with van der Waals surface area (Å²) in [5.41, 5.74) is 0.957. The van der Waals surface area contributed by atoms with Gasteiger partial charge < -0.3 is 20.6 Å². The molecule has 0 radical (unpaired) electrons. The van der Waals surface area contributed by atoms with Crippen molar-refractivity contribution in [2.24, 2.45) is 11.1 Å². The van der Waals surface area contributed by atoms with Crippen molar-refractivity contribution in [1.29, 1.82) is 0 Å². The Kier molecular flexibility index (Phi) is 9.99. The molecular weight excluding hydrogens is 412 g/mol. The molecule has 1 fully saturated rings. The highest BCUT2D eigenvalue weighted by Crippen LogP contribution is 2.22. The first-order valence-corrected chi connectivity index (χ1v) is 12.4. The van der Waals surface area contributed by atoms with Crippen molar-refractivity contribution < 1.29 is 28.0 Å². The molecule has 0 aromatic rings. The SMILES string of the molecule is CCCCS(=O)(=O)N[C@@H](CNC(=O)CC1CC(CCC2CCNCC2)=NO1)C(=O)O. The van der Waals surface area contributed by atoms with Crippen molar-refractivity contribution in [3.05, 3.63) is 0 Å². The first-order chi connectivity index (χ1) is 14.3. The second-order valence-corrected chi connectivity index (χ2v) is 9.88. The van der Waals surface area contributed by atoms with Crippen LogP contribution < -0.4 is 15.4 Å². The van der Waals surface area contributed by atoms with E-state index in [-0.39, 0.29) is 24.8 Å². The number of aliphatic carboxylic acids is 1. The van der Waals surface area contributed by atoms with Gasteiger partial charge in [-0.15, -0.1) is 0 Å². The van der Waals surface area contributed by atoms with Crippen LogP contribution in [-0.2, 0) is 24.4 Å². The third-order valence-electron chi connectivity index (χ3n) is 5.40. The highest BCUT2D eigenvalue weighted by atomic mass is 32.2. The summed E-state index contributed by atoms with van der Waals surface area (Å²) in [6.07, 6.45) is 5.67. The Bertz CT molecular complexity index is 706. The van der Waals surface area contributed by atoms with Crippen LogP contribution in [0.2, 0.25) is 0 Å². The minimum Gasteiger partial charge on any atom is -0.480 e. The first-order valence-electron chi connectivity index (χ1n) is 10.7. The molecule has 2 heterocycles. The minimum absolute atomic E-state index is 0.0509. The zero-order valence-electron chi connectivity index (χ0n) is 17.6. The van der Waals surface area contributed by atoms with E-state index < -0.39 is 27.9 Å². The summed E-state index contributed by atoms with van der Waals surface area (Å²) in [6.45, 7) is 3.64. The van der Waals surface area contributed by atoms with E-state index in [0.717, 1.165) is 31.6 Å². The van der Waals surface area contributed by atoms with Crippen LogP contribution in [0.1, 0.15) is 58.3 Å². The van der Waals surface area contributed by atoms with E-state index in [2.05, 4.69) is 20.5 Å². The molecule has 10 nitrogen and oxygen atoms in total. The fourth-order valence-corrected chi connectivity index (χ4v) is 4.97. The highest BCUT2D eigenvalue weighted by molar-refractivity contribution is 7.89. The number of nitrogens with zero attached hydrogens (tertiary/aromatic N) is 1. The molecule has 0 spiro atoms. The zero-order chi connectivity index (χ0) is 22.0. The molecule has 2 atom stereocenters. The average molecular weight is 447 g/mol. The molecule has 0 aromatic heterocycles. The number of nitrogens with one attached hydrogen (secondary N) is 3. The molecule has 1 unspecified atom stereocenters. The zero-order valence-corrected chi connectivity index (χ0v) is 18.4. The Hall–Kier alpha value is -1.72. The number of carbonyl (C=O) groups is 2. The summed E-state index contributed by atoms with van der Waals surface area (Å²) in [7, 11) is -3.71. The molecule has 11 heteroatoms. The molecule has 0 saturated carbocycles. The maximum absolute atomic E-state index is 12.2. The third-order valence-corrected chi connectivity index (χ3v) is 6.87. The van der Waals surface area contributed by atoms with Gasteiger partial charge in [-0.05, 0) is 51.1 Å². The van der Waals surface area contributed by atoms with Crippen molar-refractivity contribution in [1.82, 2.24) is 15.4 Å². The van der Waals surface area contributed by atoms with Gasteiger partial charge in [0.2, 0.25) is 15.9 Å². The number of carboxylic acid groups (broad SMARTS) is 1. The van der Waals surface area contributed by atoms with E-state index >= 15 is 0 Å². The van der Waals surface area contributed by atoms with Crippen LogP contribution in [0.15, 0.2) is 5.16 Å². The van der Waals surface area contributed by atoms with E-state index in [1.807, 2.05) is 6.92 Å². The lowest BCUT2D eigenvalue weighted by Gasteiger charge is -2.22. The fraction of sp³-hybridized carbons (Fsp3) is 0.842. The molecule has 2 aliphatic rings. The maximum Gasteiger partial charge on any atom is 0.323 e. The van der Waals surface area contributed by atoms with E-state index in [1.165, 1.54) is 12.8 Å². The molecule has 2 aliphatic heterocycles. The maximum atomic E-state index is 12.2. The van der Waals surface area contributed by atoms with Gasteiger partial charge in [0, 0.05) is 13.0 Å². The summed E-state index contributed by atoms with van der Waals surface area (Å²) in [6, 6.07) is -1.41. The number of hydrogen-bond acceptors (Lipinski definition) is 7. The number of hydrogen-bond donors (Lipinski definition) is 4. The molecule has 0 aliphatic carbocycles. The Morgan fingerprint density at radius 1 is 1.33 bits per heavy atom. The standard InChI is InChI=1S/C19H34N4O6S/c1-2-3-10-30(27,28)23-17(19(25)26)13-21-18(24)12-16-11-15(22-29-16)5-4-14-6-8-20-9-7-14/h14,16-17,20,23H,2-13H2,1H3,(H,21,24)(H,25,26)/t16?,17-/m0/s1. The smallest absolute Gasteiger partial charge is 0.323 e. The van der Waals surface area contributed by atoms with Crippen LogP contribution in [0.3, 0.4) is 0 Å². The molecular formula is C19H34N4O6S. The number of sulfonamides is 1. The molecule has 1 amide bonds. The van der Waals surface area contributed by atoms with Crippen LogP contribution in [0.4, 0.5) is 0 Å². The summed E-state index contributed by atoms with van der Waals surface area (Å²) < 4.78 is 26.0. The van der Waals surface area contributed by atoms with Gasteiger partial charge >= 0.3 is 5.97 Å². The second-order valence-electron chi connectivity index (χ2n) is 8.01. The number of carboxylic acids is 1. The van der Waals surface area contributed by atoms with Gasteiger partial charge in [-0.25, -0.2) is 8.42 Å². The van der Waals surface area contributed by atoms with Gasteiger partial charge in [0.1, 0.15) is 12.1 Å². The Morgan fingerprint density at radius 2 is 2.07 bits per heavy atom. The third kappa shape index (κ3) is 8.97. The largest absolute Gasteiger partial charge is 0.480 e. The summed E-state index contributed by atoms with van der Waals surface area (Å²) in [5.74, 6) is -1.18.